The van der Waals surface area contributed by atoms with E-state index in [4.69, 9.17) is 0 Å². The van der Waals surface area contributed by atoms with Crippen molar-refractivity contribution < 1.29 is 0 Å². The van der Waals surface area contributed by atoms with Crippen molar-refractivity contribution in [2.24, 2.45) is 0 Å². The summed E-state index contributed by atoms with van der Waals surface area (Å²) in [5, 5.41) is 12.7. The van der Waals surface area contributed by atoms with Gasteiger partial charge in [0.25, 0.3) is 0 Å². The molecule has 10 aromatic carbocycles. The summed E-state index contributed by atoms with van der Waals surface area (Å²) in [6, 6.07) is 71.3. The van der Waals surface area contributed by atoms with E-state index in [0.29, 0.717) is 0 Å². The standard InChI is InChI=1S/C50H32/c1-2-12-36-31-38(26-21-33(36)11-1)42-28-27-40(44-16-5-6-18-46(42)44)34-22-24-35(25-23-34)41-29-30-49(47-19-9-7-17-45(41)47)50-32-37-13-3-4-14-39(37)43-15-8-10-20-48(43)50/h1-32H. The van der Waals surface area contributed by atoms with E-state index in [-0.39, 0.29) is 0 Å². The van der Waals surface area contributed by atoms with Crippen molar-refractivity contribution in [2.45, 2.75) is 0 Å². The molecule has 0 aromatic heterocycles. The van der Waals surface area contributed by atoms with Gasteiger partial charge in [0.05, 0.1) is 0 Å². The summed E-state index contributed by atoms with van der Waals surface area (Å²) in [5.74, 6) is 0. The highest BCUT2D eigenvalue weighted by Crippen LogP contribution is 2.42. The normalized spacial score (nSPS) is 11.6. The van der Waals surface area contributed by atoms with Gasteiger partial charge in [-0.3, -0.25) is 0 Å². The van der Waals surface area contributed by atoms with Crippen LogP contribution in [0.15, 0.2) is 194 Å². The number of rotatable bonds is 4. The molecule has 0 atom stereocenters. The third-order valence-electron chi connectivity index (χ3n) is 10.5. The zero-order valence-corrected chi connectivity index (χ0v) is 27.5. The molecule has 0 heteroatoms. The maximum atomic E-state index is 2.36. The molecule has 0 fully saturated rings. The second-order valence-corrected chi connectivity index (χ2v) is 13.2. The van der Waals surface area contributed by atoms with Crippen LogP contribution in [0, 0.1) is 0 Å². The first-order valence-electron chi connectivity index (χ1n) is 17.3. The Kier molecular flexibility index (Phi) is 6.60. The van der Waals surface area contributed by atoms with E-state index in [9.17, 15) is 0 Å². The van der Waals surface area contributed by atoms with E-state index in [1.807, 2.05) is 0 Å². The molecular formula is C50H32. The van der Waals surface area contributed by atoms with E-state index in [1.54, 1.807) is 0 Å². The minimum atomic E-state index is 1.22. The SMILES string of the molecule is c1ccc2cc(-c3ccc(-c4ccc(-c5ccc(-c6cc7ccccc7c7ccccc67)c6ccccc56)cc4)c4ccccc34)ccc2c1. The highest BCUT2D eigenvalue weighted by atomic mass is 14.2. The topological polar surface area (TPSA) is 0 Å². The lowest BCUT2D eigenvalue weighted by atomic mass is 9.88. The summed E-state index contributed by atoms with van der Waals surface area (Å²) < 4.78 is 0. The molecule has 0 saturated heterocycles. The fraction of sp³-hybridized carbons (Fsp3) is 0. The monoisotopic (exact) mass is 632 g/mol. The van der Waals surface area contributed by atoms with Crippen LogP contribution in [-0.4, -0.2) is 0 Å². The zero-order chi connectivity index (χ0) is 33.0. The molecule has 0 saturated carbocycles. The number of fused-ring (bicyclic) bond motifs is 6. The number of benzene rings is 10. The molecule has 0 N–H and O–H groups in total. The number of hydrogen-bond donors (Lipinski definition) is 0. The fourth-order valence-electron chi connectivity index (χ4n) is 8.05. The summed E-state index contributed by atoms with van der Waals surface area (Å²) in [5.41, 5.74) is 9.98. The van der Waals surface area contributed by atoms with Gasteiger partial charge in [-0.05, 0) is 111 Å². The van der Waals surface area contributed by atoms with Crippen LogP contribution in [0.3, 0.4) is 0 Å². The summed E-state index contributed by atoms with van der Waals surface area (Å²) in [6.45, 7) is 0. The van der Waals surface area contributed by atoms with E-state index < -0.39 is 0 Å². The second kappa shape index (κ2) is 11.6. The van der Waals surface area contributed by atoms with E-state index in [1.165, 1.54) is 98.4 Å². The zero-order valence-electron chi connectivity index (χ0n) is 27.5. The summed E-state index contributed by atoms with van der Waals surface area (Å²) in [7, 11) is 0. The third kappa shape index (κ3) is 4.61. The van der Waals surface area contributed by atoms with Crippen LogP contribution in [0.5, 0.6) is 0 Å². The molecule has 0 bridgehead atoms. The fourth-order valence-corrected chi connectivity index (χ4v) is 8.05. The molecule has 232 valence electrons. The van der Waals surface area contributed by atoms with Gasteiger partial charge in [0.2, 0.25) is 0 Å². The van der Waals surface area contributed by atoms with Gasteiger partial charge in [-0.15, -0.1) is 0 Å². The smallest absolute Gasteiger partial charge is 0.00928 e. The lowest BCUT2D eigenvalue weighted by Crippen LogP contribution is -1.89. The molecule has 0 heterocycles. The molecule has 10 rings (SSSR count). The van der Waals surface area contributed by atoms with Gasteiger partial charge in [-0.25, -0.2) is 0 Å². The average molecular weight is 633 g/mol. The minimum Gasteiger partial charge on any atom is -0.0616 e. The van der Waals surface area contributed by atoms with Crippen molar-refractivity contribution >= 4 is 53.9 Å². The molecule has 0 aliphatic heterocycles. The predicted molar refractivity (Wildman–Crippen MR) is 216 cm³/mol. The maximum absolute atomic E-state index is 2.36. The largest absolute Gasteiger partial charge is 0.0616 e. The van der Waals surface area contributed by atoms with Gasteiger partial charge in [-0.2, -0.15) is 0 Å². The van der Waals surface area contributed by atoms with E-state index in [0.717, 1.165) is 0 Å². The van der Waals surface area contributed by atoms with Crippen molar-refractivity contribution in [2.75, 3.05) is 0 Å². The molecule has 0 unspecified atom stereocenters. The first kappa shape index (κ1) is 28.5. The average Bonchev–Trinajstić information content (AvgIpc) is 3.20. The molecule has 0 spiro atoms. The van der Waals surface area contributed by atoms with E-state index >= 15 is 0 Å². The van der Waals surface area contributed by atoms with Crippen molar-refractivity contribution in [1.29, 1.82) is 0 Å². The van der Waals surface area contributed by atoms with Crippen LogP contribution < -0.4 is 0 Å². The molecule has 0 nitrogen and oxygen atoms in total. The highest BCUT2D eigenvalue weighted by molar-refractivity contribution is 6.17. The second-order valence-electron chi connectivity index (χ2n) is 13.2. The highest BCUT2D eigenvalue weighted by Gasteiger charge is 2.15. The van der Waals surface area contributed by atoms with Crippen molar-refractivity contribution in [3.05, 3.63) is 194 Å². The first-order chi connectivity index (χ1) is 24.8. The molecule has 50 heavy (non-hydrogen) atoms. The quantitative estimate of drug-likeness (QED) is 0.169. The minimum absolute atomic E-state index is 1.22. The summed E-state index contributed by atoms with van der Waals surface area (Å²) in [4.78, 5) is 0. The van der Waals surface area contributed by atoms with Crippen LogP contribution in [0.1, 0.15) is 0 Å². The Morgan fingerprint density at radius 1 is 0.180 bits per heavy atom. The summed E-state index contributed by atoms with van der Waals surface area (Å²) in [6.07, 6.45) is 0. The van der Waals surface area contributed by atoms with Gasteiger partial charge >= 0.3 is 0 Å². The van der Waals surface area contributed by atoms with Gasteiger partial charge in [0.15, 0.2) is 0 Å². The predicted octanol–water partition coefficient (Wildman–Crippen LogP) is 14.1. The molecule has 0 radical (unpaired) electrons. The Labute approximate surface area is 291 Å². The van der Waals surface area contributed by atoms with Crippen molar-refractivity contribution in [1.82, 2.24) is 0 Å². The Morgan fingerprint density at radius 2 is 0.560 bits per heavy atom. The van der Waals surface area contributed by atoms with Crippen LogP contribution in [-0.2, 0) is 0 Å². The van der Waals surface area contributed by atoms with Crippen LogP contribution >= 0.6 is 0 Å². The molecular weight excluding hydrogens is 601 g/mol. The van der Waals surface area contributed by atoms with Gasteiger partial charge in [0, 0.05) is 0 Å². The lowest BCUT2D eigenvalue weighted by molar-refractivity contribution is 1.61. The lowest BCUT2D eigenvalue weighted by Gasteiger charge is -2.16. The Hall–Kier alpha value is -6.50. The Morgan fingerprint density at radius 3 is 1.14 bits per heavy atom. The third-order valence-corrected chi connectivity index (χ3v) is 10.5. The van der Waals surface area contributed by atoms with Crippen LogP contribution in [0.2, 0.25) is 0 Å². The molecule has 0 aliphatic carbocycles. The van der Waals surface area contributed by atoms with E-state index in [2.05, 4.69) is 194 Å². The van der Waals surface area contributed by atoms with Crippen molar-refractivity contribution in [3.8, 4) is 44.5 Å². The molecule has 10 aromatic rings. The maximum Gasteiger partial charge on any atom is -0.00928 e. The van der Waals surface area contributed by atoms with Gasteiger partial charge in [0.1, 0.15) is 0 Å². The van der Waals surface area contributed by atoms with Crippen molar-refractivity contribution in [3.63, 3.8) is 0 Å². The van der Waals surface area contributed by atoms with Gasteiger partial charge in [-0.1, -0.05) is 182 Å². The van der Waals surface area contributed by atoms with Crippen LogP contribution in [0.25, 0.3) is 98.4 Å². The Balaban J connectivity index is 1.07. The molecule has 0 amide bonds. The number of hydrogen-bond acceptors (Lipinski definition) is 0. The van der Waals surface area contributed by atoms with Gasteiger partial charge < -0.3 is 0 Å². The first-order valence-corrected chi connectivity index (χ1v) is 17.3. The summed E-state index contributed by atoms with van der Waals surface area (Å²) >= 11 is 0. The Bertz CT molecular complexity index is 2910. The molecule has 0 aliphatic rings. The van der Waals surface area contributed by atoms with Crippen LogP contribution in [0.4, 0.5) is 0 Å².